The van der Waals surface area contributed by atoms with E-state index in [1.54, 1.807) is 0 Å². The molecule has 1 aromatic carbocycles. The van der Waals surface area contributed by atoms with Crippen LogP contribution in [0.4, 0.5) is 11.8 Å². The second-order valence-corrected chi connectivity index (χ2v) is 6.08. The molecule has 1 aliphatic rings. The maximum atomic E-state index is 5.49. The molecule has 2 aromatic rings. The molecule has 0 aliphatic heterocycles. The number of para-hydroxylation sites is 1. The van der Waals surface area contributed by atoms with Gasteiger partial charge in [-0.2, -0.15) is 4.98 Å². The number of hydrogen-bond donors (Lipinski definition) is 3. The highest BCUT2D eigenvalue weighted by atomic mass is 15.3. The molecule has 0 bridgehead atoms. The second kappa shape index (κ2) is 5.85. The molecule has 112 valence electrons. The predicted molar refractivity (Wildman–Crippen MR) is 86.9 cm³/mol. The molecule has 1 heterocycles. The van der Waals surface area contributed by atoms with Crippen molar-refractivity contribution in [1.29, 1.82) is 0 Å². The molecular formula is C16H23N5. The third kappa shape index (κ3) is 2.78. The first kappa shape index (κ1) is 14.1. The van der Waals surface area contributed by atoms with Crippen molar-refractivity contribution >= 4 is 22.7 Å². The van der Waals surface area contributed by atoms with E-state index < -0.39 is 0 Å². The second-order valence-electron chi connectivity index (χ2n) is 6.08. The molecule has 0 spiro atoms. The zero-order chi connectivity index (χ0) is 14.8. The maximum Gasteiger partial charge on any atom is 0.239 e. The molecule has 0 amide bonds. The number of fused-ring (bicyclic) bond motifs is 1. The number of anilines is 2. The standard InChI is InChI=1S/C16H23N5/c1-10-6-5-9-13(11(10)2)18-15-12-7-3-4-8-14(12)19-16(20-15)21-17/h3-4,7-8,10-11,13H,5-6,9,17H2,1-2H3,(H2,18,19,20,21). The van der Waals surface area contributed by atoms with E-state index in [1.807, 2.05) is 18.2 Å². The summed E-state index contributed by atoms with van der Waals surface area (Å²) in [5.41, 5.74) is 3.46. The summed E-state index contributed by atoms with van der Waals surface area (Å²) in [5, 5.41) is 4.68. The van der Waals surface area contributed by atoms with E-state index in [2.05, 4.69) is 40.6 Å². The summed E-state index contributed by atoms with van der Waals surface area (Å²) in [4.78, 5) is 8.91. The van der Waals surface area contributed by atoms with Gasteiger partial charge in [0.05, 0.1) is 5.52 Å². The molecule has 0 saturated heterocycles. The van der Waals surface area contributed by atoms with Gasteiger partial charge in [0.1, 0.15) is 5.82 Å². The fraction of sp³-hybridized carbons (Fsp3) is 0.500. The molecular weight excluding hydrogens is 262 g/mol. The Hall–Kier alpha value is -1.88. The fourth-order valence-corrected chi connectivity index (χ4v) is 3.21. The Bertz CT molecular complexity index is 627. The molecule has 1 saturated carbocycles. The van der Waals surface area contributed by atoms with E-state index >= 15 is 0 Å². The van der Waals surface area contributed by atoms with Gasteiger partial charge in [-0.05, 0) is 30.4 Å². The summed E-state index contributed by atoms with van der Waals surface area (Å²) < 4.78 is 0. The summed E-state index contributed by atoms with van der Waals surface area (Å²) in [5.74, 6) is 8.20. The normalized spacial score (nSPS) is 25.8. The Balaban J connectivity index is 1.95. The largest absolute Gasteiger partial charge is 0.366 e. The number of nitrogens with zero attached hydrogens (tertiary/aromatic N) is 2. The highest BCUT2D eigenvalue weighted by molar-refractivity contribution is 5.90. The molecule has 5 heteroatoms. The van der Waals surface area contributed by atoms with Crippen molar-refractivity contribution in [3.63, 3.8) is 0 Å². The van der Waals surface area contributed by atoms with Crippen LogP contribution in [0.3, 0.4) is 0 Å². The smallest absolute Gasteiger partial charge is 0.239 e. The number of nitrogens with two attached hydrogens (primary N) is 1. The minimum Gasteiger partial charge on any atom is -0.366 e. The fourth-order valence-electron chi connectivity index (χ4n) is 3.21. The molecule has 3 unspecified atom stereocenters. The Labute approximate surface area is 125 Å². The van der Waals surface area contributed by atoms with Crippen LogP contribution < -0.4 is 16.6 Å². The Morgan fingerprint density at radius 3 is 2.76 bits per heavy atom. The summed E-state index contributed by atoms with van der Waals surface area (Å²) in [6, 6.07) is 8.48. The molecule has 0 radical (unpaired) electrons. The van der Waals surface area contributed by atoms with Gasteiger partial charge in [0, 0.05) is 11.4 Å². The minimum atomic E-state index is 0.452. The van der Waals surface area contributed by atoms with Crippen molar-refractivity contribution in [2.45, 2.75) is 39.2 Å². The van der Waals surface area contributed by atoms with Crippen molar-refractivity contribution in [3.05, 3.63) is 24.3 Å². The van der Waals surface area contributed by atoms with Gasteiger partial charge in [-0.15, -0.1) is 0 Å². The molecule has 1 aromatic heterocycles. The van der Waals surface area contributed by atoms with Crippen LogP contribution >= 0.6 is 0 Å². The van der Waals surface area contributed by atoms with Crippen LogP contribution in [-0.4, -0.2) is 16.0 Å². The van der Waals surface area contributed by atoms with Crippen LogP contribution in [0.5, 0.6) is 0 Å². The average molecular weight is 285 g/mol. The van der Waals surface area contributed by atoms with E-state index in [9.17, 15) is 0 Å². The number of aromatic nitrogens is 2. The van der Waals surface area contributed by atoms with E-state index in [4.69, 9.17) is 5.84 Å². The number of hydrogen-bond acceptors (Lipinski definition) is 5. The van der Waals surface area contributed by atoms with Crippen LogP contribution in [0.25, 0.3) is 10.9 Å². The molecule has 3 rings (SSSR count). The Morgan fingerprint density at radius 1 is 1.14 bits per heavy atom. The summed E-state index contributed by atoms with van der Waals surface area (Å²) in [6.45, 7) is 4.66. The quantitative estimate of drug-likeness (QED) is 0.596. The lowest BCUT2D eigenvalue weighted by Crippen LogP contribution is -2.35. The van der Waals surface area contributed by atoms with Crippen molar-refractivity contribution in [2.75, 3.05) is 10.7 Å². The van der Waals surface area contributed by atoms with E-state index in [0.29, 0.717) is 17.9 Å². The first-order valence-corrected chi connectivity index (χ1v) is 7.69. The average Bonchev–Trinajstić information content (AvgIpc) is 2.51. The Kier molecular flexibility index (Phi) is 3.92. The lowest BCUT2D eigenvalue weighted by Gasteiger charge is -2.35. The lowest BCUT2D eigenvalue weighted by atomic mass is 9.78. The number of nitrogen functional groups attached to an aromatic ring is 1. The van der Waals surface area contributed by atoms with Crippen LogP contribution in [0.2, 0.25) is 0 Å². The third-order valence-electron chi connectivity index (χ3n) is 4.76. The maximum absolute atomic E-state index is 5.49. The lowest BCUT2D eigenvalue weighted by molar-refractivity contribution is 0.253. The van der Waals surface area contributed by atoms with Gasteiger partial charge >= 0.3 is 0 Å². The highest BCUT2D eigenvalue weighted by Crippen LogP contribution is 2.32. The van der Waals surface area contributed by atoms with Gasteiger partial charge in [-0.25, -0.2) is 10.8 Å². The summed E-state index contributed by atoms with van der Waals surface area (Å²) >= 11 is 0. The van der Waals surface area contributed by atoms with Gasteiger partial charge < -0.3 is 5.32 Å². The number of benzene rings is 1. The minimum absolute atomic E-state index is 0.452. The van der Waals surface area contributed by atoms with Crippen molar-refractivity contribution in [1.82, 2.24) is 9.97 Å². The van der Waals surface area contributed by atoms with Crippen LogP contribution in [0, 0.1) is 11.8 Å². The van der Waals surface area contributed by atoms with Gasteiger partial charge in [-0.3, -0.25) is 5.43 Å². The SMILES string of the molecule is CC1CCCC(Nc2nc(NN)nc3ccccc23)C1C. The highest BCUT2D eigenvalue weighted by Gasteiger charge is 2.27. The van der Waals surface area contributed by atoms with Gasteiger partial charge in [0.2, 0.25) is 5.95 Å². The first-order chi connectivity index (χ1) is 10.2. The number of nitrogens with one attached hydrogen (secondary N) is 2. The van der Waals surface area contributed by atoms with Gasteiger partial charge in [-0.1, -0.05) is 38.8 Å². The molecule has 5 nitrogen and oxygen atoms in total. The zero-order valence-corrected chi connectivity index (χ0v) is 12.6. The topological polar surface area (TPSA) is 75.9 Å². The van der Waals surface area contributed by atoms with Gasteiger partial charge in [0.25, 0.3) is 0 Å². The molecule has 3 atom stereocenters. The number of hydrazine groups is 1. The van der Waals surface area contributed by atoms with E-state index in [-0.39, 0.29) is 0 Å². The molecule has 4 N–H and O–H groups in total. The van der Waals surface area contributed by atoms with E-state index in [1.165, 1.54) is 19.3 Å². The third-order valence-corrected chi connectivity index (χ3v) is 4.76. The van der Waals surface area contributed by atoms with Crippen molar-refractivity contribution in [3.8, 4) is 0 Å². The summed E-state index contributed by atoms with van der Waals surface area (Å²) in [7, 11) is 0. The van der Waals surface area contributed by atoms with Crippen LogP contribution in [0.15, 0.2) is 24.3 Å². The van der Waals surface area contributed by atoms with Crippen molar-refractivity contribution < 1.29 is 0 Å². The predicted octanol–water partition coefficient (Wildman–Crippen LogP) is 3.15. The molecule has 1 fully saturated rings. The van der Waals surface area contributed by atoms with Gasteiger partial charge in [0.15, 0.2) is 0 Å². The monoisotopic (exact) mass is 285 g/mol. The Morgan fingerprint density at radius 2 is 1.95 bits per heavy atom. The van der Waals surface area contributed by atoms with E-state index in [0.717, 1.165) is 22.6 Å². The molecule has 1 aliphatic carbocycles. The zero-order valence-electron chi connectivity index (χ0n) is 12.6. The number of rotatable bonds is 3. The van der Waals surface area contributed by atoms with Crippen molar-refractivity contribution in [2.24, 2.45) is 17.7 Å². The summed E-state index contributed by atoms with van der Waals surface area (Å²) in [6.07, 6.45) is 3.78. The first-order valence-electron chi connectivity index (χ1n) is 7.69. The van der Waals surface area contributed by atoms with Crippen LogP contribution in [0.1, 0.15) is 33.1 Å². The molecule has 21 heavy (non-hydrogen) atoms. The van der Waals surface area contributed by atoms with Crippen LogP contribution in [-0.2, 0) is 0 Å².